The zero-order chi connectivity index (χ0) is 13.4. The molecule has 1 aromatic rings. The van der Waals surface area contributed by atoms with Crippen LogP contribution in [0.3, 0.4) is 0 Å². The maximum Gasteiger partial charge on any atom is 0.360 e. The van der Waals surface area contributed by atoms with Crippen LogP contribution in [0.1, 0.15) is 12.5 Å². The van der Waals surface area contributed by atoms with Crippen molar-refractivity contribution in [3.63, 3.8) is 0 Å². The van der Waals surface area contributed by atoms with E-state index in [4.69, 9.17) is 9.94 Å². The van der Waals surface area contributed by atoms with Gasteiger partial charge in [0.1, 0.15) is 6.21 Å². The Morgan fingerprint density at radius 3 is 2.83 bits per heavy atom. The van der Waals surface area contributed by atoms with Crippen molar-refractivity contribution in [2.24, 2.45) is 10.3 Å². The highest BCUT2D eigenvalue weighted by Crippen LogP contribution is 2.12. The summed E-state index contributed by atoms with van der Waals surface area (Å²) in [4.78, 5) is 11.4. The smallest absolute Gasteiger partial charge is 0.360 e. The fraction of sp³-hybridized carbons (Fsp3) is 0.250. The molecule has 0 bridgehead atoms. The van der Waals surface area contributed by atoms with Crippen LogP contribution in [0.4, 0.5) is 5.69 Å². The molecule has 0 heterocycles. The van der Waals surface area contributed by atoms with E-state index in [1.807, 2.05) is 31.2 Å². The Morgan fingerprint density at radius 1 is 1.50 bits per heavy atom. The number of rotatable bonds is 5. The van der Waals surface area contributed by atoms with Crippen molar-refractivity contribution in [2.75, 3.05) is 12.0 Å². The highest BCUT2D eigenvalue weighted by Gasteiger charge is 2.10. The Morgan fingerprint density at radius 2 is 2.22 bits per heavy atom. The summed E-state index contributed by atoms with van der Waals surface area (Å²) in [6.07, 6.45) is 0.920. The minimum atomic E-state index is -0.656. The number of carbonyl (C=O) groups excluding carboxylic acids is 1. The first-order valence-electron chi connectivity index (χ1n) is 5.43. The van der Waals surface area contributed by atoms with Crippen molar-refractivity contribution < 1.29 is 14.7 Å². The standard InChI is InChI=1S/C12H15N3O3/c1-3-18-12(16)11(8-13-17)15-14-10-7-5-4-6-9(10)2/h4-8,14,17H,3H2,1-2H3. The second kappa shape index (κ2) is 7.05. The van der Waals surface area contributed by atoms with Crippen LogP contribution >= 0.6 is 0 Å². The highest BCUT2D eigenvalue weighted by atomic mass is 16.5. The largest absolute Gasteiger partial charge is 0.461 e. The van der Waals surface area contributed by atoms with Crippen molar-refractivity contribution in [2.45, 2.75) is 13.8 Å². The lowest BCUT2D eigenvalue weighted by molar-refractivity contribution is -0.134. The quantitative estimate of drug-likeness (QED) is 0.360. The molecule has 1 rings (SSSR count). The molecule has 2 N–H and O–H groups in total. The summed E-state index contributed by atoms with van der Waals surface area (Å²) in [7, 11) is 0. The van der Waals surface area contributed by atoms with Crippen LogP contribution in [0.15, 0.2) is 34.5 Å². The number of aryl methyl sites for hydroxylation is 1. The van der Waals surface area contributed by atoms with Crippen molar-refractivity contribution in [3.05, 3.63) is 29.8 Å². The van der Waals surface area contributed by atoms with Gasteiger partial charge >= 0.3 is 5.97 Å². The maximum absolute atomic E-state index is 11.4. The summed E-state index contributed by atoms with van der Waals surface area (Å²) in [5.74, 6) is -0.656. The minimum absolute atomic E-state index is 0.109. The van der Waals surface area contributed by atoms with Gasteiger partial charge < -0.3 is 9.94 Å². The average molecular weight is 249 g/mol. The van der Waals surface area contributed by atoms with Gasteiger partial charge in [-0.25, -0.2) is 4.79 Å². The topological polar surface area (TPSA) is 83.3 Å². The third kappa shape index (κ3) is 3.89. The van der Waals surface area contributed by atoms with Gasteiger partial charge in [0.25, 0.3) is 0 Å². The lowest BCUT2D eigenvalue weighted by atomic mass is 10.2. The molecule has 0 spiro atoms. The first-order chi connectivity index (χ1) is 8.69. The molecule has 18 heavy (non-hydrogen) atoms. The molecule has 6 nitrogen and oxygen atoms in total. The van der Waals surface area contributed by atoms with E-state index in [2.05, 4.69) is 15.7 Å². The molecule has 0 saturated heterocycles. The molecule has 0 atom stereocenters. The number of ether oxygens (including phenoxy) is 1. The number of para-hydroxylation sites is 1. The van der Waals surface area contributed by atoms with E-state index < -0.39 is 5.97 Å². The fourth-order valence-corrected chi connectivity index (χ4v) is 1.21. The lowest BCUT2D eigenvalue weighted by Gasteiger charge is -2.05. The van der Waals surface area contributed by atoms with Crippen molar-refractivity contribution >= 4 is 23.6 Å². The number of carbonyl (C=O) groups is 1. The van der Waals surface area contributed by atoms with Crippen molar-refractivity contribution in [1.29, 1.82) is 0 Å². The number of hydrogen-bond acceptors (Lipinski definition) is 6. The first kappa shape index (κ1) is 13.7. The number of nitrogens with one attached hydrogen (secondary N) is 1. The number of esters is 1. The van der Waals surface area contributed by atoms with Crippen molar-refractivity contribution in [1.82, 2.24) is 0 Å². The fourth-order valence-electron chi connectivity index (χ4n) is 1.21. The maximum atomic E-state index is 11.4. The summed E-state index contributed by atoms with van der Waals surface area (Å²) in [5, 5.41) is 15.1. The molecule has 1 aromatic carbocycles. The number of nitrogens with zero attached hydrogens (tertiary/aromatic N) is 2. The third-order valence-corrected chi connectivity index (χ3v) is 2.11. The molecule has 0 fully saturated rings. The van der Waals surface area contributed by atoms with Gasteiger partial charge in [0, 0.05) is 0 Å². The van der Waals surface area contributed by atoms with Crippen LogP contribution in [-0.2, 0) is 9.53 Å². The second-order valence-corrected chi connectivity index (χ2v) is 3.39. The summed E-state index contributed by atoms with van der Waals surface area (Å²) < 4.78 is 4.76. The van der Waals surface area contributed by atoms with Crippen LogP contribution in [0, 0.1) is 6.92 Å². The lowest BCUT2D eigenvalue weighted by Crippen LogP contribution is -2.20. The number of hydrazone groups is 1. The SMILES string of the molecule is CCOC(=O)C(C=NO)=NNc1ccccc1C. The predicted molar refractivity (Wildman–Crippen MR) is 69.1 cm³/mol. The summed E-state index contributed by atoms with van der Waals surface area (Å²) in [6.45, 7) is 3.81. The van der Waals surface area contributed by atoms with E-state index in [1.165, 1.54) is 0 Å². The summed E-state index contributed by atoms with van der Waals surface area (Å²) in [6, 6.07) is 7.46. The normalized spacial score (nSPS) is 11.6. The second-order valence-electron chi connectivity index (χ2n) is 3.39. The average Bonchev–Trinajstić information content (AvgIpc) is 2.36. The molecular formula is C12H15N3O3. The van der Waals surface area contributed by atoms with Crippen molar-refractivity contribution in [3.8, 4) is 0 Å². The molecule has 0 saturated carbocycles. The van der Waals surface area contributed by atoms with E-state index in [0.717, 1.165) is 17.5 Å². The minimum Gasteiger partial charge on any atom is -0.461 e. The van der Waals surface area contributed by atoms with E-state index >= 15 is 0 Å². The van der Waals surface area contributed by atoms with E-state index in [-0.39, 0.29) is 12.3 Å². The molecule has 0 aliphatic rings. The van der Waals surface area contributed by atoms with Gasteiger partial charge in [-0.3, -0.25) is 5.43 Å². The number of oxime groups is 1. The summed E-state index contributed by atoms with van der Waals surface area (Å²) in [5.41, 5.74) is 4.35. The Bertz CT molecular complexity index is 469. The third-order valence-electron chi connectivity index (χ3n) is 2.11. The van der Waals surface area contributed by atoms with Gasteiger partial charge in [-0.15, -0.1) is 0 Å². The Balaban J connectivity index is 2.84. The van der Waals surface area contributed by atoms with Crippen LogP contribution in [0.5, 0.6) is 0 Å². The Kier molecular flexibility index (Phi) is 5.37. The number of benzene rings is 1. The Labute approximate surface area is 105 Å². The van der Waals surface area contributed by atoms with E-state index in [1.54, 1.807) is 6.92 Å². The van der Waals surface area contributed by atoms with Gasteiger partial charge in [0.15, 0.2) is 5.71 Å². The van der Waals surface area contributed by atoms with Gasteiger partial charge in [-0.05, 0) is 25.5 Å². The van der Waals surface area contributed by atoms with Gasteiger partial charge in [-0.1, -0.05) is 23.4 Å². The molecule has 0 amide bonds. The molecular weight excluding hydrogens is 234 g/mol. The van der Waals surface area contributed by atoms with Crippen LogP contribution in [0.25, 0.3) is 0 Å². The highest BCUT2D eigenvalue weighted by molar-refractivity contribution is 6.59. The van der Waals surface area contributed by atoms with E-state index in [0.29, 0.717) is 0 Å². The molecule has 6 heteroatoms. The van der Waals surface area contributed by atoms with Gasteiger partial charge in [0.2, 0.25) is 0 Å². The molecule has 0 aliphatic heterocycles. The molecule has 0 aliphatic carbocycles. The first-order valence-corrected chi connectivity index (χ1v) is 5.43. The molecule has 96 valence electrons. The molecule has 0 aromatic heterocycles. The molecule has 0 radical (unpaired) electrons. The van der Waals surface area contributed by atoms with E-state index in [9.17, 15) is 4.79 Å². The zero-order valence-corrected chi connectivity index (χ0v) is 10.3. The monoisotopic (exact) mass is 249 g/mol. The van der Waals surface area contributed by atoms with Gasteiger partial charge in [0.05, 0.1) is 12.3 Å². The van der Waals surface area contributed by atoms with Crippen LogP contribution in [0.2, 0.25) is 0 Å². The number of anilines is 1. The Hall–Kier alpha value is -2.37. The summed E-state index contributed by atoms with van der Waals surface area (Å²) >= 11 is 0. The van der Waals surface area contributed by atoms with Gasteiger partial charge in [-0.2, -0.15) is 5.10 Å². The zero-order valence-electron chi connectivity index (χ0n) is 10.3. The number of hydrogen-bond donors (Lipinski definition) is 2. The van der Waals surface area contributed by atoms with Crippen LogP contribution < -0.4 is 5.43 Å². The van der Waals surface area contributed by atoms with Crippen LogP contribution in [-0.4, -0.2) is 29.7 Å². The molecule has 0 unspecified atom stereocenters. The predicted octanol–water partition coefficient (Wildman–Crippen LogP) is 1.79.